The van der Waals surface area contributed by atoms with Gasteiger partial charge in [-0.2, -0.15) is 4.91 Å². The quantitative estimate of drug-likeness (QED) is 0.0352. The number of hydrogen-bond donors (Lipinski definition) is 0. The molecule has 0 aliphatic rings. The fourth-order valence-corrected chi connectivity index (χ4v) is 7.09. The second-order valence-corrected chi connectivity index (χ2v) is 15.6. The Hall–Kier alpha value is -1.50. The first kappa shape index (κ1) is 50.5. The van der Waals surface area contributed by atoms with Crippen molar-refractivity contribution in [1.82, 2.24) is 4.90 Å². The molecule has 0 fully saturated rings. The summed E-state index contributed by atoms with van der Waals surface area (Å²) in [6, 6.07) is 0. The summed E-state index contributed by atoms with van der Waals surface area (Å²) in [4.78, 5) is 37.9. The molecule has 0 aliphatic heterocycles. The molecule has 0 rings (SSSR count). The Balaban J connectivity index is 4.00. The normalized spacial score (nSPS) is 11.5. The zero-order chi connectivity index (χ0) is 38.0. The minimum absolute atomic E-state index is 0.00564. The van der Waals surface area contributed by atoms with E-state index < -0.39 is 0 Å². The first-order chi connectivity index (χ1) is 25.6. The van der Waals surface area contributed by atoms with Gasteiger partial charge in [0.1, 0.15) is 6.10 Å². The van der Waals surface area contributed by atoms with Gasteiger partial charge in [-0.05, 0) is 70.9 Å². The van der Waals surface area contributed by atoms with Crippen LogP contribution in [-0.4, -0.2) is 55.7 Å². The maximum absolute atomic E-state index is 12.7. The maximum atomic E-state index is 12.7. The van der Waals surface area contributed by atoms with E-state index in [-0.39, 0.29) is 18.0 Å². The van der Waals surface area contributed by atoms with Gasteiger partial charge in [0.25, 0.3) is 0 Å². The molecule has 0 aromatic rings. The first-order valence-corrected chi connectivity index (χ1v) is 22.9. The van der Waals surface area contributed by atoms with E-state index in [0.717, 1.165) is 96.7 Å². The third-order valence-corrected chi connectivity index (χ3v) is 10.5. The van der Waals surface area contributed by atoms with Crippen molar-refractivity contribution in [1.29, 1.82) is 0 Å². The molecule has 0 aromatic carbocycles. The van der Waals surface area contributed by atoms with Crippen LogP contribution in [0.1, 0.15) is 239 Å². The number of ether oxygens (including phenoxy) is 2. The molecule has 0 heterocycles. The van der Waals surface area contributed by atoms with E-state index in [4.69, 9.17) is 9.47 Å². The van der Waals surface area contributed by atoms with Gasteiger partial charge in [-0.25, -0.2) is 0 Å². The number of hydrogen-bond acceptors (Lipinski definition) is 7. The van der Waals surface area contributed by atoms with Crippen LogP contribution in [0.5, 0.6) is 0 Å². The van der Waals surface area contributed by atoms with Crippen molar-refractivity contribution in [2.45, 2.75) is 245 Å². The van der Waals surface area contributed by atoms with Gasteiger partial charge >= 0.3 is 11.9 Å². The van der Waals surface area contributed by atoms with Crippen LogP contribution in [0.4, 0.5) is 0 Å². The molecular formula is C45H88N2O5. The molecule has 0 spiro atoms. The smallest absolute Gasteiger partial charge is 0.306 e. The van der Waals surface area contributed by atoms with E-state index in [1.165, 1.54) is 128 Å². The van der Waals surface area contributed by atoms with Crippen LogP contribution in [0, 0.1) is 4.91 Å². The lowest BCUT2D eigenvalue weighted by atomic mass is 10.0. The second kappa shape index (κ2) is 42.2. The number of nitroso groups, excluding NO2 is 1. The topological polar surface area (TPSA) is 85.3 Å². The molecule has 0 N–H and O–H groups in total. The van der Waals surface area contributed by atoms with Crippen LogP contribution in [0.15, 0.2) is 5.18 Å². The van der Waals surface area contributed by atoms with Crippen LogP contribution in [-0.2, 0) is 19.1 Å². The number of nitrogens with zero attached hydrogens (tertiary/aromatic N) is 2. The van der Waals surface area contributed by atoms with Crippen molar-refractivity contribution in [3.63, 3.8) is 0 Å². The Labute approximate surface area is 323 Å². The van der Waals surface area contributed by atoms with Gasteiger partial charge in [0.2, 0.25) is 0 Å². The summed E-state index contributed by atoms with van der Waals surface area (Å²) in [5.41, 5.74) is 0. The lowest BCUT2D eigenvalue weighted by Gasteiger charge is -2.21. The summed E-state index contributed by atoms with van der Waals surface area (Å²) in [7, 11) is 0. The van der Waals surface area contributed by atoms with Gasteiger partial charge in [-0.1, -0.05) is 174 Å². The average Bonchev–Trinajstić information content (AvgIpc) is 3.14. The van der Waals surface area contributed by atoms with Crippen LogP contribution >= 0.6 is 0 Å². The maximum Gasteiger partial charge on any atom is 0.306 e. The Morgan fingerprint density at radius 2 is 0.846 bits per heavy atom. The summed E-state index contributed by atoms with van der Waals surface area (Å²) in [6.07, 6.45) is 39.3. The highest BCUT2D eigenvalue weighted by Crippen LogP contribution is 2.18. The van der Waals surface area contributed by atoms with E-state index in [0.29, 0.717) is 26.0 Å². The largest absolute Gasteiger partial charge is 0.466 e. The van der Waals surface area contributed by atoms with Crippen LogP contribution in [0.3, 0.4) is 0 Å². The predicted octanol–water partition coefficient (Wildman–Crippen LogP) is 13.8. The standard InChI is InChI=1S/C45H88N2O5/c1-4-7-10-13-18-26-33-42-51-44(48)36-29-22-16-17-24-31-39-47(41-38-46-50)40-32-25-19-23-30-37-45(49)52-43(34-27-20-14-11-8-5-2)35-28-21-15-12-9-6-3/h43H,4-42H2,1-3H3. The minimum Gasteiger partial charge on any atom is -0.466 e. The fourth-order valence-electron chi connectivity index (χ4n) is 7.09. The molecule has 7 heteroatoms. The molecule has 0 saturated heterocycles. The van der Waals surface area contributed by atoms with Crippen molar-refractivity contribution in [2.75, 3.05) is 32.8 Å². The summed E-state index contributed by atoms with van der Waals surface area (Å²) in [5, 5.41) is 3.10. The number of esters is 2. The zero-order valence-corrected chi connectivity index (χ0v) is 35.1. The number of carbonyl (C=O) groups excluding carboxylic acids is 2. The van der Waals surface area contributed by atoms with Crippen molar-refractivity contribution < 1.29 is 19.1 Å². The summed E-state index contributed by atoms with van der Waals surface area (Å²) in [6.45, 7) is 10.5. The summed E-state index contributed by atoms with van der Waals surface area (Å²) in [5.74, 6) is -0.0275. The van der Waals surface area contributed by atoms with Crippen LogP contribution in [0.2, 0.25) is 0 Å². The van der Waals surface area contributed by atoms with Crippen molar-refractivity contribution >= 4 is 11.9 Å². The number of unbranched alkanes of at least 4 members (excludes halogenated alkanes) is 25. The number of carbonyl (C=O) groups is 2. The lowest BCUT2D eigenvalue weighted by molar-refractivity contribution is -0.150. The Morgan fingerprint density at radius 3 is 1.31 bits per heavy atom. The molecule has 308 valence electrons. The van der Waals surface area contributed by atoms with Gasteiger partial charge in [0, 0.05) is 19.4 Å². The molecule has 0 bridgehead atoms. The van der Waals surface area contributed by atoms with Crippen molar-refractivity contribution in [3.05, 3.63) is 4.91 Å². The van der Waals surface area contributed by atoms with Gasteiger partial charge in [-0.15, -0.1) is 0 Å². The average molecular weight is 737 g/mol. The Morgan fingerprint density at radius 1 is 0.462 bits per heavy atom. The highest BCUT2D eigenvalue weighted by atomic mass is 16.5. The predicted molar refractivity (Wildman–Crippen MR) is 222 cm³/mol. The van der Waals surface area contributed by atoms with Crippen molar-refractivity contribution in [2.24, 2.45) is 5.18 Å². The van der Waals surface area contributed by atoms with E-state index in [1.807, 2.05) is 0 Å². The third-order valence-electron chi connectivity index (χ3n) is 10.5. The lowest BCUT2D eigenvalue weighted by Crippen LogP contribution is -2.28. The molecule has 0 aromatic heterocycles. The van der Waals surface area contributed by atoms with Crippen LogP contribution in [0.25, 0.3) is 0 Å². The summed E-state index contributed by atoms with van der Waals surface area (Å²) < 4.78 is 11.4. The van der Waals surface area contributed by atoms with E-state index in [9.17, 15) is 14.5 Å². The third kappa shape index (κ3) is 38.2. The van der Waals surface area contributed by atoms with E-state index >= 15 is 0 Å². The van der Waals surface area contributed by atoms with E-state index in [1.54, 1.807) is 0 Å². The van der Waals surface area contributed by atoms with Gasteiger partial charge in [0.05, 0.1) is 13.2 Å². The zero-order valence-electron chi connectivity index (χ0n) is 35.1. The molecule has 0 saturated carbocycles. The van der Waals surface area contributed by atoms with Gasteiger partial charge in [-0.3, -0.25) is 9.59 Å². The van der Waals surface area contributed by atoms with Gasteiger partial charge < -0.3 is 14.4 Å². The SMILES string of the molecule is CCCCCCCCCOC(=O)CCCCCCCCN(CCCCCCCC(=O)OC(CCCCCCCC)CCCCCCCC)CCN=O. The fraction of sp³-hybridized carbons (Fsp3) is 0.956. The molecule has 52 heavy (non-hydrogen) atoms. The Bertz CT molecular complexity index is 748. The molecule has 0 aliphatic carbocycles. The van der Waals surface area contributed by atoms with Gasteiger partial charge in [0.15, 0.2) is 0 Å². The highest BCUT2D eigenvalue weighted by Gasteiger charge is 2.14. The molecule has 7 nitrogen and oxygen atoms in total. The molecular weight excluding hydrogens is 649 g/mol. The second-order valence-electron chi connectivity index (χ2n) is 15.6. The monoisotopic (exact) mass is 737 g/mol. The summed E-state index contributed by atoms with van der Waals surface area (Å²) >= 11 is 0. The Kier molecular flexibility index (Phi) is 41.0. The molecule has 0 atom stereocenters. The molecule has 0 radical (unpaired) electrons. The molecule has 0 unspecified atom stereocenters. The van der Waals surface area contributed by atoms with E-state index in [2.05, 4.69) is 30.8 Å². The molecule has 0 amide bonds. The van der Waals surface area contributed by atoms with Crippen LogP contribution < -0.4 is 0 Å². The first-order valence-electron chi connectivity index (χ1n) is 22.9. The number of rotatable bonds is 43. The minimum atomic E-state index is -0.0331. The highest BCUT2D eigenvalue weighted by molar-refractivity contribution is 5.69. The van der Waals surface area contributed by atoms with Crippen molar-refractivity contribution in [3.8, 4) is 0 Å².